The molecule has 0 aromatic heterocycles. The first-order valence-corrected chi connectivity index (χ1v) is 11.2. The summed E-state index contributed by atoms with van der Waals surface area (Å²) in [6.45, 7) is 13.9. The Balaban J connectivity index is 1.59. The lowest BCUT2D eigenvalue weighted by atomic mass is 9.78. The molecule has 1 amide bonds. The van der Waals surface area contributed by atoms with E-state index in [1.165, 1.54) is 6.07 Å². The molecule has 1 aromatic carbocycles. The fourth-order valence-electron chi connectivity index (χ4n) is 3.58. The number of halogens is 3. The van der Waals surface area contributed by atoms with E-state index < -0.39 is 35.7 Å². The van der Waals surface area contributed by atoms with Gasteiger partial charge in [-0.05, 0) is 78.4 Å². The number of benzene rings is 1. The molecule has 0 atom stereocenters. The van der Waals surface area contributed by atoms with Crippen LogP contribution in [0, 0.1) is 5.92 Å². The third-order valence-corrected chi connectivity index (χ3v) is 6.23. The van der Waals surface area contributed by atoms with Gasteiger partial charge in [-0.1, -0.05) is 6.07 Å². The normalized spacial score (nSPS) is 20.5. The lowest BCUT2D eigenvalue weighted by molar-refractivity contribution is -0.139. The average Bonchev–Trinajstić information content (AvgIpc) is 2.82. The summed E-state index contributed by atoms with van der Waals surface area (Å²) < 4.78 is 63.8. The number of rotatable bonds is 5. The van der Waals surface area contributed by atoms with Gasteiger partial charge in [0, 0.05) is 13.1 Å². The highest BCUT2D eigenvalue weighted by Gasteiger charge is 2.52. The van der Waals surface area contributed by atoms with Gasteiger partial charge in [0.1, 0.15) is 11.4 Å². The molecular weight excluding hydrogens is 438 g/mol. The number of carbonyl (C=O) groups excluding carboxylic acids is 1. The summed E-state index contributed by atoms with van der Waals surface area (Å²) in [5, 5.41) is 0. The molecule has 2 heterocycles. The van der Waals surface area contributed by atoms with E-state index in [9.17, 15) is 18.0 Å². The van der Waals surface area contributed by atoms with Crippen LogP contribution in [-0.2, 0) is 20.2 Å². The number of alkyl halides is 3. The zero-order valence-corrected chi connectivity index (χ0v) is 20.3. The number of ether oxygens (including phenoxy) is 2. The number of amides is 1. The van der Waals surface area contributed by atoms with E-state index >= 15 is 0 Å². The van der Waals surface area contributed by atoms with Gasteiger partial charge >= 0.3 is 19.4 Å². The summed E-state index contributed by atoms with van der Waals surface area (Å²) in [6.07, 6.45) is -4.42. The third kappa shape index (κ3) is 5.95. The lowest BCUT2D eigenvalue weighted by Gasteiger charge is -2.39. The summed E-state index contributed by atoms with van der Waals surface area (Å²) in [4.78, 5) is 13.6. The van der Waals surface area contributed by atoms with Crippen molar-refractivity contribution >= 4 is 18.7 Å². The number of hydrogen-bond acceptors (Lipinski definition) is 5. The standard InChI is InChI=1S/C23H33BF3NO5/c1-20(2,3)31-19(29)28-13-15(14-28)10-11-30-18-9-8-16(12-17(18)23(25,26)27)24-32-21(4,5)22(6,7)33-24/h8-9,12,15H,10-11,13-14H2,1-7H3. The average molecular weight is 471 g/mol. The molecule has 2 fully saturated rings. The van der Waals surface area contributed by atoms with Crippen molar-refractivity contribution in [2.45, 2.75) is 77.9 Å². The van der Waals surface area contributed by atoms with Gasteiger partial charge in [-0.3, -0.25) is 0 Å². The van der Waals surface area contributed by atoms with Crippen LogP contribution in [0.5, 0.6) is 5.75 Å². The minimum atomic E-state index is -4.58. The summed E-state index contributed by atoms with van der Waals surface area (Å²) in [6, 6.07) is 3.89. The van der Waals surface area contributed by atoms with Crippen LogP contribution >= 0.6 is 0 Å². The predicted octanol–water partition coefficient (Wildman–Crippen LogP) is 4.64. The lowest BCUT2D eigenvalue weighted by Crippen LogP contribution is -2.51. The summed E-state index contributed by atoms with van der Waals surface area (Å²) in [5.41, 5.74) is -2.44. The highest BCUT2D eigenvalue weighted by Crippen LogP contribution is 2.39. The van der Waals surface area contributed by atoms with Gasteiger partial charge in [0.15, 0.2) is 0 Å². The van der Waals surface area contributed by atoms with E-state index in [0.29, 0.717) is 25.0 Å². The second-order valence-corrected chi connectivity index (χ2v) is 10.7. The van der Waals surface area contributed by atoms with Crippen LogP contribution in [0.3, 0.4) is 0 Å². The molecule has 33 heavy (non-hydrogen) atoms. The van der Waals surface area contributed by atoms with E-state index in [1.54, 1.807) is 31.7 Å². The first-order chi connectivity index (χ1) is 15.0. The van der Waals surface area contributed by atoms with E-state index in [1.807, 2.05) is 27.7 Å². The number of likely N-dealkylation sites (tertiary alicyclic amines) is 1. The Hall–Kier alpha value is -1.94. The van der Waals surface area contributed by atoms with Crippen molar-refractivity contribution in [3.05, 3.63) is 23.8 Å². The topological polar surface area (TPSA) is 57.2 Å². The first-order valence-electron chi connectivity index (χ1n) is 11.2. The molecule has 0 N–H and O–H groups in total. The quantitative estimate of drug-likeness (QED) is 0.586. The highest BCUT2D eigenvalue weighted by atomic mass is 19.4. The Bertz CT molecular complexity index is 860. The molecule has 0 saturated carbocycles. The van der Waals surface area contributed by atoms with Gasteiger partial charge in [0.05, 0.1) is 23.4 Å². The molecule has 184 valence electrons. The van der Waals surface area contributed by atoms with Crippen molar-refractivity contribution in [3.63, 3.8) is 0 Å². The Morgan fingerprint density at radius 1 is 1.12 bits per heavy atom. The van der Waals surface area contributed by atoms with Crippen molar-refractivity contribution in [2.24, 2.45) is 5.92 Å². The monoisotopic (exact) mass is 471 g/mol. The Morgan fingerprint density at radius 3 is 2.21 bits per heavy atom. The smallest absolute Gasteiger partial charge is 0.493 e. The van der Waals surface area contributed by atoms with Crippen molar-refractivity contribution in [3.8, 4) is 5.75 Å². The molecule has 10 heteroatoms. The minimum absolute atomic E-state index is 0.117. The number of hydrogen-bond donors (Lipinski definition) is 0. The predicted molar refractivity (Wildman–Crippen MR) is 119 cm³/mol. The molecule has 6 nitrogen and oxygen atoms in total. The van der Waals surface area contributed by atoms with Crippen LogP contribution in [0.1, 0.15) is 60.5 Å². The zero-order chi connectivity index (χ0) is 24.8. The van der Waals surface area contributed by atoms with Crippen molar-refractivity contribution in [1.29, 1.82) is 0 Å². The van der Waals surface area contributed by atoms with Crippen LogP contribution in [-0.4, -0.2) is 54.6 Å². The molecule has 1 aromatic rings. The van der Waals surface area contributed by atoms with Crippen LogP contribution in [0.4, 0.5) is 18.0 Å². The maximum absolute atomic E-state index is 13.7. The van der Waals surface area contributed by atoms with Crippen LogP contribution in [0.15, 0.2) is 18.2 Å². The summed E-state index contributed by atoms with van der Waals surface area (Å²) >= 11 is 0. The molecule has 0 radical (unpaired) electrons. The molecule has 0 spiro atoms. The third-order valence-electron chi connectivity index (χ3n) is 6.23. The molecule has 3 rings (SSSR count). The van der Waals surface area contributed by atoms with Crippen LogP contribution in [0.25, 0.3) is 0 Å². The second kappa shape index (κ2) is 8.69. The van der Waals surface area contributed by atoms with E-state index in [-0.39, 0.29) is 24.4 Å². The Kier molecular flexibility index (Phi) is 6.76. The van der Waals surface area contributed by atoms with Crippen LogP contribution in [0.2, 0.25) is 0 Å². The summed E-state index contributed by atoms with van der Waals surface area (Å²) in [5.74, 6) is -0.0676. The first kappa shape index (κ1) is 25.7. The van der Waals surface area contributed by atoms with Gasteiger partial charge in [-0.15, -0.1) is 0 Å². The van der Waals surface area contributed by atoms with Gasteiger partial charge in [-0.2, -0.15) is 13.2 Å². The molecule has 0 bridgehead atoms. The van der Waals surface area contributed by atoms with Crippen molar-refractivity contribution < 1.29 is 36.7 Å². The SMILES string of the molecule is CC(C)(C)OC(=O)N1CC(CCOc2ccc(B3OC(C)(C)C(C)(C)O3)cc2C(F)(F)F)C1. The highest BCUT2D eigenvalue weighted by molar-refractivity contribution is 6.62. The maximum Gasteiger partial charge on any atom is 0.494 e. The molecule has 0 unspecified atom stereocenters. The number of carbonyl (C=O) groups is 1. The van der Waals surface area contributed by atoms with Gasteiger partial charge < -0.3 is 23.7 Å². The van der Waals surface area contributed by atoms with Gasteiger partial charge in [-0.25, -0.2) is 4.79 Å². The summed E-state index contributed by atoms with van der Waals surface area (Å²) in [7, 11) is -0.890. The molecule has 2 aliphatic heterocycles. The fourth-order valence-corrected chi connectivity index (χ4v) is 3.58. The van der Waals surface area contributed by atoms with Gasteiger partial charge in [0.2, 0.25) is 0 Å². The fraction of sp³-hybridized carbons (Fsp3) is 0.696. The molecular formula is C23H33BF3NO5. The van der Waals surface area contributed by atoms with Crippen LogP contribution < -0.4 is 10.2 Å². The van der Waals surface area contributed by atoms with E-state index in [4.69, 9.17) is 18.8 Å². The van der Waals surface area contributed by atoms with Crippen molar-refractivity contribution in [1.82, 2.24) is 4.90 Å². The van der Waals surface area contributed by atoms with Gasteiger partial charge in [0.25, 0.3) is 0 Å². The Morgan fingerprint density at radius 2 is 1.70 bits per heavy atom. The molecule has 2 aliphatic rings. The zero-order valence-electron chi connectivity index (χ0n) is 20.3. The second-order valence-electron chi connectivity index (χ2n) is 10.7. The molecule has 2 saturated heterocycles. The van der Waals surface area contributed by atoms with Crippen molar-refractivity contribution in [2.75, 3.05) is 19.7 Å². The maximum atomic E-state index is 13.7. The number of nitrogens with zero attached hydrogens (tertiary/aromatic N) is 1. The minimum Gasteiger partial charge on any atom is -0.493 e. The van der Waals surface area contributed by atoms with E-state index in [2.05, 4.69) is 0 Å². The molecule has 0 aliphatic carbocycles. The largest absolute Gasteiger partial charge is 0.494 e. The Labute approximate surface area is 193 Å². The van der Waals surface area contributed by atoms with E-state index in [0.717, 1.165) is 6.07 Å².